The number of hydrogen-bond donors (Lipinski definition) is 1. The predicted molar refractivity (Wildman–Crippen MR) is 92.7 cm³/mol. The highest BCUT2D eigenvalue weighted by atomic mass is 79.9. The minimum Gasteiger partial charge on any atom is -0.496 e. The van der Waals surface area contributed by atoms with E-state index < -0.39 is 17.2 Å². The van der Waals surface area contributed by atoms with E-state index in [0.29, 0.717) is 11.3 Å². The molecule has 0 fully saturated rings. The Morgan fingerprint density at radius 1 is 1.21 bits per heavy atom. The lowest BCUT2D eigenvalue weighted by molar-refractivity contribution is -0.116. The molecule has 7 nitrogen and oxygen atoms in total. The Morgan fingerprint density at radius 3 is 2.54 bits per heavy atom. The summed E-state index contributed by atoms with van der Waals surface area (Å²) in [5.74, 6) is 0.257. The number of carbonyl (C=O) groups excluding carboxylic acids is 1. The van der Waals surface area contributed by atoms with Gasteiger partial charge >= 0.3 is 5.69 Å². The number of fused-ring (bicyclic) bond motifs is 1. The number of nitrogens with zero attached hydrogens (tertiary/aromatic N) is 2. The molecule has 1 N–H and O–H groups in total. The van der Waals surface area contributed by atoms with E-state index in [0.717, 1.165) is 14.6 Å². The van der Waals surface area contributed by atoms with E-state index in [9.17, 15) is 14.4 Å². The lowest BCUT2D eigenvalue weighted by Crippen LogP contribution is -2.44. The first-order valence-electron chi connectivity index (χ1n) is 7.28. The highest BCUT2D eigenvalue weighted by Crippen LogP contribution is 2.37. The molecule has 24 heavy (non-hydrogen) atoms. The van der Waals surface area contributed by atoms with Gasteiger partial charge in [-0.05, 0) is 33.6 Å². The molecule has 0 aliphatic carbocycles. The van der Waals surface area contributed by atoms with E-state index in [1.54, 1.807) is 13.2 Å². The molecular weight excluding hydrogens is 378 g/mol. The van der Waals surface area contributed by atoms with Crippen LogP contribution in [0.5, 0.6) is 5.75 Å². The van der Waals surface area contributed by atoms with E-state index in [-0.39, 0.29) is 18.1 Å². The van der Waals surface area contributed by atoms with Crippen molar-refractivity contribution in [3.63, 3.8) is 0 Å². The Bertz CT molecular complexity index is 961. The number of halogens is 1. The van der Waals surface area contributed by atoms with Crippen LogP contribution in [0, 0.1) is 0 Å². The summed E-state index contributed by atoms with van der Waals surface area (Å²) in [6, 6.07) is 5.43. The van der Waals surface area contributed by atoms with E-state index >= 15 is 0 Å². The van der Waals surface area contributed by atoms with Crippen molar-refractivity contribution in [2.45, 2.75) is 12.3 Å². The van der Waals surface area contributed by atoms with Gasteiger partial charge in [-0.25, -0.2) is 4.79 Å². The maximum absolute atomic E-state index is 12.6. The van der Waals surface area contributed by atoms with Gasteiger partial charge in [0, 0.05) is 26.4 Å². The number of aromatic nitrogens is 2. The van der Waals surface area contributed by atoms with Gasteiger partial charge in [0.1, 0.15) is 11.6 Å². The summed E-state index contributed by atoms with van der Waals surface area (Å²) in [4.78, 5) is 36.9. The van der Waals surface area contributed by atoms with Crippen LogP contribution < -0.4 is 21.3 Å². The van der Waals surface area contributed by atoms with Crippen LogP contribution in [0.3, 0.4) is 0 Å². The van der Waals surface area contributed by atoms with Crippen LogP contribution in [-0.2, 0) is 18.9 Å². The minimum atomic E-state index is -0.476. The molecule has 0 bridgehead atoms. The summed E-state index contributed by atoms with van der Waals surface area (Å²) >= 11 is 3.42. The summed E-state index contributed by atoms with van der Waals surface area (Å²) in [5, 5.41) is 2.65. The molecule has 0 saturated heterocycles. The maximum Gasteiger partial charge on any atom is 0.332 e. The maximum atomic E-state index is 12.6. The number of nitrogens with one attached hydrogen (secondary N) is 1. The first-order chi connectivity index (χ1) is 11.3. The topological polar surface area (TPSA) is 82.3 Å². The number of benzene rings is 1. The largest absolute Gasteiger partial charge is 0.496 e. The van der Waals surface area contributed by atoms with Crippen LogP contribution in [0.15, 0.2) is 32.3 Å². The quantitative estimate of drug-likeness (QED) is 0.834. The minimum absolute atomic E-state index is 0.138. The van der Waals surface area contributed by atoms with Crippen molar-refractivity contribution in [2.24, 2.45) is 14.1 Å². The standard InChI is InChI=1S/C16H16BrN3O4/c1-19-14-13(15(22)20(2)16(19)23)9(7-12(21)18-14)8-4-5-11(24-3)10(17)6-8/h4-6,9H,7H2,1-3H3,(H,18,21)/t9-/m1/s1. The van der Waals surface area contributed by atoms with Crippen molar-refractivity contribution in [3.05, 3.63) is 54.6 Å². The van der Waals surface area contributed by atoms with Crippen molar-refractivity contribution in [2.75, 3.05) is 12.4 Å². The highest BCUT2D eigenvalue weighted by Gasteiger charge is 2.32. The predicted octanol–water partition coefficient (Wildman–Crippen LogP) is 1.33. The Balaban J connectivity index is 2.27. The van der Waals surface area contributed by atoms with Crippen LogP contribution in [0.1, 0.15) is 23.5 Å². The molecule has 1 aliphatic rings. The SMILES string of the molecule is COc1ccc([C@H]2CC(=O)Nc3c2c(=O)n(C)c(=O)n3C)cc1Br. The third kappa shape index (κ3) is 2.47. The number of amides is 1. The molecule has 1 aromatic heterocycles. The number of hydrogen-bond acceptors (Lipinski definition) is 4. The molecule has 0 spiro atoms. The molecule has 126 valence electrons. The Hall–Kier alpha value is -2.35. The second kappa shape index (κ2) is 5.94. The van der Waals surface area contributed by atoms with Crippen molar-refractivity contribution >= 4 is 27.7 Å². The fourth-order valence-electron chi connectivity index (χ4n) is 2.99. The van der Waals surface area contributed by atoms with Gasteiger partial charge in [0.05, 0.1) is 17.1 Å². The van der Waals surface area contributed by atoms with Gasteiger partial charge in [-0.1, -0.05) is 6.07 Å². The Kier molecular flexibility index (Phi) is 4.08. The fraction of sp³-hybridized carbons (Fsp3) is 0.312. The van der Waals surface area contributed by atoms with Crippen molar-refractivity contribution in [1.29, 1.82) is 0 Å². The Morgan fingerprint density at radius 2 is 1.92 bits per heavy atom. The molecule has 1 aliphatic heterocycles. The number of anilines is 1. The smallest absolute Gasteiger partial charge is 0.332 e. The Labute approximate surface area is 146 Å². The third-order valence-electron chi connectivity index (χ3n) is 4.27. The molecule has 1 atom stereocenters. The summed E-state index contributed by atoms with van der Waals surface area (Å²) in [6.07, 6.45) is 0.138. The molecule has 0 unspecified atom stereocenters. The number of rotatable bonds is 2. The second-order valence-electron chi connectivity index (χ2n) is 5.67. The third-order valence-corrected chi connectivity index (χ3v) is 4.89. The molecule has 0 radical (unpaired) electrons. The summed E-state index contributed by atoms with van der Waals surface area (Å²) in [6.45, 7) is 0. The summed E-state index contributed by atoms with van der Waals surface area (Å²) in [7, 11) is 4.53. The fourth-order valence-corrected chi connectivity index (χ4v) is 3.55. The highest BCUT2D eigenvalue weighted by molar-refractivity contribution is 9.10. The van der Waals surface area contributed by atoms with Crippen molar-refractivity contribution in [3.8, 4) is 5.75 Å². The lowest BCUT2D eigenvalue weighted by atomic mass is 9.86. The zero-order valence-corrected chi connectivity index (χ0v) is 15.0. The molecule has 2 heterocycles. The first-order valence-corrected chi connectivity index (χ1v) is 8.07. The van der Waals surface area contributed by atoms with Crippen LogP contribution in [-0.4, -0.2) is 22.2 Å². The first kappa shape index (κ1) is 16.5. The van der Waals surface area contributed by atoms with Gasteiger partial charge in [-0.15, -0.1) is 0 Å². The number of carbonyl (C=O) groups is 1. The molecule has 1 aromatic carbocycles. The average Bonchev–Trinajstić information content (AvgIpc) is 2.57. The summed E-state index contributed by atoms with van der Waals surface area (Å²) < 4.78 is 8.30. The lowest BCUT2D eigenvalue weighted by Gasteiger charge is -2.27. The number of methoxy groups -OCH3 is 1. The molecule has 0 saturated carbocycles. The van der Waals surface area contributed by atoms with E-state index in [1.807, 2.05) is 12.1 Å². The van der Waals surface area contributed by atoms with E-state index in [4.69, 9.17) is 4.74 Å². The zero-order chi connectivity index (χ0) is 17.6. The van der Waals surface area contributed by atoms with E-state index in [1.165, 1.54) is 18.7 Å². The van der Waals surface area contributed by atoms with Crippen molar-refractivity contribution in [1.82, 2.24) is 9.13 Å². The molecule has 2 aromatic rings. The van der Waals surface area contributed by atoms with Gasteiger partial charge in [-0.3, -0.25) is 18.7 Å². The van der Waals surface area contributed by atoms with Gasteiger partial charge < -0.3 is 10.1 Å². The van der Waals surface area contributed by atoms with E-state index in [2.05, 4.69) is 21.2 Å². The van der Waals surface area contributed by atoms with Crippen LogP contribution in [0.2, 0.25) is 0 Å². The normalized spacial score (nSPS) is 16.5. The van der Waals surface area contributed by atoms with Crippen molar-refractivity contribution < 1.29 is 9.53 Å². The van der Waals surface area contributed by atoms with Gasteiger partial charge in [-0.2, -0.15) is 0 Å². The molecule has 3 rings (SSSR count). The van der Waals surface area contributed by atoms with Crippen LogP contribution in [0.4, 0.5) is 5.82 Å². The second-order valence-corrected chi connectivity index (χ2v) is 6.52. The molecule has 1 amide bonds. The van der Waals surface area contributed by atoms with Gasteiger partial charge in [0.15, 0.2) is 0 Å². The number of ether oxygens (including phenoxy) is 1. The zero-order valence-electron chi connectivity index (χ0n) is 13.4. The monoisotopic (exact) mass is 393 g/mol. The molecular formula is C16H16BrN3O4. The van der Waals surface area contributed by atoms with Crippen LogP contribution >= 0.6 is 15.9 Å². The molecule has 8 heteroatoms. The summed E-state index contributed by atoms with van der Waals surface area (Å²) in [5.41, 5.74) is 0.339. The van der Waals surface area contributed by atoms with Gasteiger partial charge in [0.25, 0.3) is 5.56 Å². The van der Waals surface area contributed by atoms with Crippen LogP contribution in [0.25, 0.3) is 0 Å². The average molecular weight is 394 g/mol. The van der Waals surface area contributed by atoms with Gasteiger partial charge in [0.2, 0.25) is 5.91 Å².